The molecule has 1 fully saturated rings. The lowest BCUT2D eigenvalue weighted by Crippen LogP contribution is -2.47. The van der Waals surface area contributed by atoms with Gasteiger partial charge in [0.2, 0.25) is 0 Å². The van der Waals surface area contributed by atoms with Crippen LogP contribution in [0.3, 0.4) is 0 Å². The number of aromatic nitrogens is 2. The van der Waals surface area contributed by atoms with Gasteiger partial charge < -0.3 is 4.90 Å². The van der Waals surface area contributed by atoms with Gasteiger partial charge in [-0.3, -0.25) is 9.30 Å². The molecule has 1 aliphatic heterocycles. The van der Waals surface area contributed by atoms with Gasteiger partial charge in [0, 0.05) is 32.7 Å². The van der Waals surface area contributed by atoms with E-state index in [0.29, 0.717) is 5.56 Å². The lowest BCUT2D eigenvalue weighted by molar-refractivity contribution is 0.249. The molecule has 34 heavy (non-hydrogen) atoms. The highest BCUT2D eigenvalue weighted by Crippen LogP contribution is 2.34. The standard InChI is InChI=1S/C28H30FN5/c1-3-4-7-23-20(2)24(18-30)27-31-25-8-5-6-9-26(25)34(27)28(23)33-16-14-32(15-17-33)19-21-10-12-22(29)13-11-21/h5-6,8-13H,3-4,7,14-17,19H2,1-2H3. The maximum atomic E-state index is 13.3. The quantitative estimate of drug-likeness (QED) is 0.387. The number of fused-ring (bicyclic) bond motifs is 3. The van der Waals surface area contributed by atoms with Crippen molar-refractivity contribution in [2.45, 2.75) is 39.7 Å². The van der Waals surface area contributed by atoms with Gasteiger partial charge in [-0.2, -0.15) is 5.26 Å². The van der Waals surface area contributed by atoms with Crippen LogP contribution in [0.5, 0.6) is 0 Å². The third-order valence-corrected chi connectivity index (χ3v) is 6.98. The van der Waals surface area contributed by atoms with E-state index in [-0.39, 0.29) is 5.82 Å². The van der Waals surface area contributed by atoms with Crippen LogP contribution in [0.15, 0.2) is 48.5 Å². The summed E-state index contributed by atoms with van der Waals surface area (Å²) >= 11 is 0. The number of nitrogens with zero attached hydrogens (tertiary/aromatic N) is 5. The van der Waals surface area contributed by atoms with E-state index in [1.54, 1.807) is 0 Å². The topological polar surface area (TPSA) is 47.6 Å². The highest BCUT2D eigenvalue weighted by atomic mass is 19.1. The lowest BCUT2D eigenvalue weighted by Gasteiger charge is -2.38. The van der Waals surface area contributed by atoms with E-state index < -0.39 is 0 Å². The number of halogens is 1. The van der Waals surface area contributed by atoms with Crippen LogP contribution >= 0.6 is 0 Å². The van der Waals surface area contributed by atoms with Gasteiger partial charge in [-0.05, 0) is 60.7 Å². The monoisotopic (exact) mass is 455 g/mol. The van der Waals surface area contributed by atoms with Crippen molar-refractivity contribution in [1.29, 1.82) is 5.26 Å². The number of piperazine rings is 1. The predicted molar refractivity (Wildman–Crippen MR) is 135 cm³/mol. The number of unbranched alkanes of at least 4 members (excludes halogenated alkanes) is 1. The van der Waals surface area contributed by atoms with Gasteiger partial charge in [0.05, 0.1) is 16.6 Å². The van der Waals surface area contributed by atoms with E-state index in [9.17, 15) is 9.65 Å². The Hall–Kier alpha value is -3.43. The first-order valence-corrected chi connectivity index (χ1v) is 12.1. The van der Waals surface area contributed by atoms with Crippen LogP contribution in [-0.4, -0.2) is 40.5 Å². The molecule has 174 valence electrons. The molecular formula is C28H30FN5. The zero-order valence-electron chi connectivity index (χ0n) is 19.9. The number of anilines is 1. The van der Waals surface area contributed by atoms with Gasteiger partial charge in [0.1, 0.15) is 17.7 Å². The number of nitriles is 1. The summed E-state index contributed by atoms with van der Waals surface area (Å²) in [6, 6.07) is 17.4. The molecule has 0 spiro atoms. The van der Waals surface area contributed by atoms with Gasteiger partial charge >= 0.3 is 0 Å². The first-order valence-electron chi connectivity index (χ1n) is 12.1. The normalized spacial score (nSPS) is 14.7. The molecule has 5 rings (SSSR count). The fraction of sp³-hybridized carbons (Fsp3) is 0.357. The molecular weight excluding hydrogens is 425 g/mol. The molecule has 0 amide bonds. The summed E-state index contributed by atoms with van der Waals surface area (Å²) in [7, 11) is 0. The maximum Gasteiger partial charge on any atom is 0.157 e. The highest BCUT2D eigenvalue weighted by Gasteiger charge is 2.26. The van der Waals surface area contributed by atoms with Crippen molar-refractivity contribution in [2.75, 3.05) is 31.1 Å². The van der Waals surface area contributed by atoms with Crippen molar-refractivity contribution in [1.82, 2.24) is 14.3 Å². The average Bonchev–Trinajstić information content (AvgIpc) is 3.23. The van der Waals surface area contributed by atoms with E-state index in [4.69, 9.17) is 4.98 Å². The molecule has 0 N–H and O–H groups in total. The van der Waals surface area contributed by atoms with E-state index in [2.05, 4.69) is 40.2 Å². The smallest absolute Gasteiger partial charge is 0.157 e. The second-order valence-corrected chi connectivity index (χ2v) is 9.17. The number of benzene rings is 2. The molecule has 0 bridgehead atoms. The Morgan fingerprint density at radius 2 is 1.76 bits per heavy atom. The molecule has 0 radical (unpaired) electrons. The molecule has 0 saturated carbocycles. The van der Waals surface area contributed by atoms with Crippen molar-refractivity contribution in [2.24, 2.45) is 0 Å². The van der Waals surface area contributed by atoms with Gasteiger partial charge in [-0.15, -0.1) is 0 Å². The van der Waals surface area contributed by atoms with Gasteiger partial charge in [-0.1, -0.05) is 37.6 Å². The first kappa shape index (κ1) is 22.4. The van der Waals surface area contributed by atoms with Crippen molar-refractivity contribution in [3.63, 3.8) is 0 Å². The number of hydrogen-bond acceptors (Lipinski definition) is 4. The Kier molecular flexibility index (Phi) is 6.21. The molecule has 0 atom stereocenters. The molecule has 0 aliphatic carbocycles. The average molecular weight is 456 g/mol. The summed E-state index contributed by atoms with van der Waals surface area (Å²) in [6.07, 6.45) is 3.14. The number of imidazole rings is 1. The summed E-state index contributed by atoms with van der Waals surface area (Å²) in [5.74, 6) is 0.996. The van der Waals surface area contributed by atoms with Crippen molar-refractivity contribution in [3.05, 3.63) is 76.6 Å². The summed E-state index contributed by atoms with van der Waals surface area (Å²) in [5, 5.41) is 10.0. The minimum absolute atomic E-state index is 0.194. The summed E-state index contributed by atoms with van der Waals surface area (Å²) in [6.45, 7) is 8.76. The third kappa shape index (κ3) is 4.01. The molecule has 1 aliphatic rings. The van der Waals surface area contributed by atoms with Crippen LogP contribution in [-0.2, 0) is 13.0 Å². The highest BCUT2D eigenvalue weighted by molar-refractivity contribution is 5.86. The third-order valence-electron chi connectivity index (χ3n) is 6.98. The molecule has 4 aromatic rings. The van der Waals surface area contributed by atoms with Gasteiger partial charge in [-0.25, -0.2) is 9.37 Å². The van der Waals surface area contributed by atoms with Crippen LogP contribution in [0, 0.1) is 24.1 Å². The van der Waals surface area contributed by atoms with E-state index in [1.165, 1.54) is 23.5 Å². The molecule has 3 heterocycles. The Morgan fingerprint density at radius 3 is 2.47 bits per heavy atom. The first-order chi connectivity index (χ1) is 16.6. The Labute approximate surface area is 200 Å². The van der Waals surface area contributed by atoms with Crippen LogP contribution in [0.4, 0.5) is 10.2 Å². The van der Waals surface area contributed by atoms with Crippen LogP contribution in [0.1, 0.15) is 42.0 Å². The SMILES string of the molecule is CCCCc1c(C)c(C#N)c2nc3ccccc3n2c1N1CCN(Cc2ccc(F)cc2)CC1. The fourth-order valence-corrected chi connectivity index (χ4v) is 5.11. The molecule has 6 heteroatoms. The maximum absolute atomic E-state index is 13.3. The Bertz CT molecular complexity index is 1360. The second kappa shape index (κ2) is 9.44. The molecule has 2 aromatic heterocycles. The van der Waals surface area contributed by atoms with Crippen molar-refractivity contribution >= 4 is 22.5 Å². The summed E-state index contributed by atoms with van der Waals surface area (Å²) in [4.78, 5) is 9.77. The Balaban J connectivity index is 1.54. The zero-order valence-corrected chi connectivity index (χ0v) is 19.9. The van der Waals surface area contributed by atoms with Crippen LogP contribution < -0.4 is 4.90 Å². The number of rotatable bonds is 6. The van der Waals surface area contributed by atoms with Crippen LogP contribution in [0.2, 0.25) is 0 Å². The molecule has 1 saturated heterocycles. The van der Waals surface area contributed by atoms with Crippen molar-refractivity contribution in [3.8, 4) is 6.07 Å². The zero-order chi connectivity index (χ0) is 23.7. The van der Waals surface area contributed by atoms with Gasteiger partial charge in [0.15, 0.2) is 5.65 Å². The minimum Gasteiger partial charge on any atom is -0.355 e. The lowest BCUT2D eigenvalue weighted by atomic mass is 9.99. The van der Waals surface area contributed by atoms with Crippen molar-refractivity contribution < 1.29 is 4.39 Å². The molecule has 2 aromatic carbocycles. The second-order valence-electron chi connectivity index (χ2n) is 9.17. The fourth-order valence-electron chi connectivity index (χ4n) is 5.11. The number of pyridine rings is 1. The predicted octanol–water partition coefficient (Wildman–Crippen LogP) is 5.47. The Morgan fingerprint density at radius 1 is 1.03 bits per heavy atom. The minimum atomic E-state index is -0.194. The largest absolute Gasteiger partial charge is 0.355 e. The van der Waals surface area contributed by atoms with E-state index in [1.807, 2.05) is 30.3 Å². The van der Waals surface area contributed by atoms with Crippen LogP contribution in [0.25, 0.3) is 16.7 Å². The van der Waals surface area contributed by atoms with E-state index in [0.717, 1.165) is 79.8 Å². The van der Waals surface area contributed by atoms with Gasteiger partial charge in [0.25, 0.3) is 0 Å². The summed E-state index contributed by atoms with van der Waals surface area (Å²) < 4.78 is 15.5. The molecule has 0 unspecified atom stereocenters. The molecule has 5 nitrogen and oxygen atoms in total. The van der Waals surface area contributed by atoms with E-state index >= 15 is 0 Å². The number of hydrogen-bond donors (Lipinski definition) is 0. The number of para-hydroxylation sites is 2. The summed E-state index contributed by atoms with van der Waals surface area (Å²) in [5.41, 5.74) is 6.86.